The number of ketones is 1. The molecule has 0 amide bonds. The van der Waals surface area contributed by atoms with Crippen molar-refractivity contribution in [2.45, 2.75) is 25.4 Å². The summed E-state index contributed by atoms with van der Waals surface area (Å²) in [4.78, 5) is 31.2. The number of Topliss-reactive ketones (excluding diaryl/α,β-unsaturated/α-hetero) is 1. The van der Waals surface area contributed by atoms with Crippen molar-refractivity contribution in [1.29, 1.82) is 0 Å². The van der Waals surface area contributed by atoms with Gasteiger partial charge in [-0.25, -0.2) is 0 Å². The third kappa shape index (κ3) is 3.66. The molecule has 0 unspecified atom stereocenters. The van der Waals surface area contributed by atoms with Gasteiger partial charge in [-0.2, -0.15) is 0 Å². The lowest BCUT2D eigenvalue weighted by molar-refractivity contribution is -0.156. The molecule has 0 aliphatic carbocycles. The molecule has 0 saturated heterocycles. The molecular formula is C7H10O6. The average Bonchev–Trinajstić information content (AvgIpc) is 1.82. The maximum atomic E-state index is 10.8. The molecule has 0 heterocycles. The van der Waals surface area contributed by atoms with Crippen LogP contribution in [-0.4, -0.2) is 38.6 Å². The van der Waals surface area contributed by atoms with Gasteiger partial charge in [0.2, 0.25) is 0 Å². The number of hydrogen-bond acceptors (Lipinski definition) is 4. The van der Waals surface area contributed by atoms with Crippen molar-refractivity contribution in [1.82, 2.24) is 0 Å². The van der Waals surface area contributed by atoms with E-state index in [1.165, 1.54) is 0 Å². The van der Waals surface area contributed by atoms with E-state index >= 15 is 0 Å². The van der Waals surface area contributed by atoms with Crippen molar-refractivity contribution in [2.75, 3.05) is 0 Å². The van der Waals surface area contributed by atoms with Gasteiger partial charge in [-0.15, -0.1) is 0 Å². The van der Waals surface area contributed by atoms with E-state index in [1.54, 1.807) is 0 Å². The van der Waals surface area contributed by atoms with Crippen LogP contribution in [0.15, 0.2) is 0 Å². The van der Waals surface area contributed by atoms with E-state index in [1.807, 2.05) is 0 Å². The number of hydrogen-bond donors (Lipinski definition) is 3. The minimum atomic E-state index is -2.29. The van der Waals surface area contributed by atoms with Crippen LogP contribution in [0.5, 0.6) is 0 Å². The Hall–Kier alpha value is -1.43. The van der Waals surface area contributed by atoms with Gasteiger partial charge in [0.25, 0.3) is 0 Å². The molecule has 0 saturated carbocycles. The predicted octanol–water partition coefficient (Wildman–Crippen LogP) is -0.744. The molecule has 3 N–H and O–H groups in total. The summed E-state index contributed by atoms with van der Waals surface area (Å²) < 4.78 is 0. The lowest BCUT2D eigenvalue weighted by atomic mass is 9.91. The molecule has 0 aromatic heterocycles. The van der Waals surface area contributed by atoms with Crippen LogP contribution < -0.4 is 0 Å². The Bertz CT molecular complexity index is 227. The SMILES string of the molecule is CC(=O)C(O)(CC(=O)O)CC(=O)O. The van der Waals surface area contributed by atoms with E-state index in [0.717, 1.165) is 6.92 Å². The van der Waals surface area contributed by atoms with E-state index in [4.69, 9.17) is 10.2 Å². The van der Waals surface area contributed by atoms with Gasteiger partial charge in [0.05, 0.1) is 12.8 Å². The highest BCUT2D eigenvalue weighted by Crippen LogP contribution is 2.16. The van der Waals surface area contributed by atoms with Crippen molar-refractivity contribution in [3.8, 4) is 0 Å². The van der Waals surface area contributed by atoms with E-state index in [-0.39, 0.29) is 0 Å². The van der Waals surface area contributed by atoms with Crippen LogP contribution in [0.4, 0.5) is 0 Å². The molecular weight excluding hydrogens is 180 g/mol. The molecule has 13 heavy (non-hydrogen) atoms. The number of carbonyl (C=O) groups excluding carboxylic acids is 1. The van der Waals surface area contributed by atoms with Gasteiger partial charge in [0, 0.05) is 0 Å². The summed E-state index contributed by atoms with van der Waals surface area (Å²) in [6.07, 6.45) is -1.79. The standard InChI is InChI=1S/C7H10O6/c1-4(8)7(13,2-5(9)10)3-6(11)12/h13H,2-3H2,1H3,(H,9,10)(H,11,12). The molecule has 0 atom stereocenters. The Morgan fingerprint density at radius 3 is 1.54 bits per heavy atom. The lowest BCUT2D eigenvalue weighted by Gasteiger charge is -2.20. The summed E-state index contributed by atoms with van der Waals surface area (Å²) in [5.74, 6) is -3.70. The number of carboxylic acid groups (broad SMARTS) is 2. The third-order valence-corrected chi connectivity index (χ3v) is 1.54. The van der Waals surface area contributed by atoms with E-state index in [9.17, 15) is 19.5 Å². The molecule has 0 aliphatic heterocycles. The fraction of sp³-hybridized carbons (Fsp3) is 0.571. The highest BCUT2D eigenvalue weighted by Gasteiger charge is 2.37. The first-order valence-electron chi connectivity index (χ1n) is 3.45. The first-order chi connectivity index (χ1) is 5.78. The summed E-state index contributed by atoms with van der Waals surface area (Å²) in [7, 11) is 0. The Kier molecular flexibility index (Phi) is 3.55. The Balaban J connectivity index is 4.62. The zero-order valence-corrected chi connectivity index (χ0v) is 6.98. The zero-order valence-electron chi connectivity index (χ0n) is 6.98. The fourth-order valence-electron chi connectivity index (χ4n) is 0.812. The normalized spacial score (nSPS) is 10.9. The zero-order chi connectivity index (χ0) is 10.6. The van der Waals surface area contributed by atoms with Gasteiger partial charge in [0.15, 0.2) is 5.78 Å². The second-order valence-electron chi connectivity index (χ2n) is 2.73. The second-order valence-corrected chi connectivity index (χ2v) is 2.73. The molecule has 0 rings (SSSR count). The number of carbonyl (C=O) groups is 3. The fourth-order valence-corrected chi connectivity index (χ4v) is 0.812. The summed E-state index contributed by atoms with van der Waals surface area (Å²) in [5, 5.41) is 25.9. The maximum absolute atomic E-state index is 10.8. The van der Waals surface area contributed by atoms with Crippen LogP contribution in [-0.2, 0) is 14.4 Å². The van der Waals surface area contributed by atoms with Gasteiger partial charge < -0.3 is 15.3 Å². The number of aliphatic hydroxyl groups is 1. The van der Waals surface area contributed by atoms with Crippen molar-refractivity contribution in [3.63, 3.8) is 0 Å². The third-order valence-electron chi connectivity index (χ3n) is 1.54. The topological polar surface area (TPSA) is 112 Å². The van der Waals surface area contributed by atoms with Crippen LogP contribution in [0.2, 0.25) is 0 Å². The van der Waals surface area contributed by atoms with Gasteiger partial charge in [0.1, 0.15) is 5.60 Å². The summed E-state index contributed by atoms with van der Waals surface area (Å²) >= 11 is 0. The van der Waals surface area contributed by atoms with Crippen molar-refractivity contribution in [2.24, 2.45) is 0 Å². The van der Waals surface area contributed by atoms with Crippen LogP contribution >= 0.6 is 0 Å². The van der Waals surface area contributed by atoms with Gasteiger partial charge >= 0.3 is 11.9 Å². The molecule has 0 fully saturated rings. The monoisotopic (exact) mass is 190 g/mol. The Labute approximate surface area is 73.8 Å². The molecule has 0 spiro atoms. The Morgan fingerprint density at radius 1 is 1.08 bits per heavy atom. The molecule has 0 radical (unpaired) electrons. The summed E-state index contributed by atoms with van der Waals surface area (Å²) in [6.45, 7) is 0.950. The molecule has 74 valence electrons. The molecule has 0 aromatic carbocycles. The number of carboxylic acids is 2. The largest absolute Gasteiger partial charge is 0.481 e. The van der Waals surface area contributed by atoms with Crippen LogP contribution in [0.1, 0.15) is 19.8 Å². The second kappa shape index (κ2) is 3.99. The van der Waals surface area contributed by atoms with E-state index in [0.29, 0.717) is 0 Å². The number of rotatable bonds is 5. The van der Waals surface area contributed by atoms with Crippen LogP contribution in [0, 0.1) is 0 Å². The minimum absolute atomic E-state index is 0.864. The smallest absolute Gasteiger partial charge is 0.306 e. The molecule has 6 nitrogen and oxygen atoms in total. The quantitative estimate of drug-likeness (QED) is 0.526. The number of aliphatic carboxylic acids is 2. The summed E-state index contributed by atoms with van der Waals surface area (Å²) in [5.41, 5.74) is -2.29. The van der Waals surface area contributed by atoms with Crippen molar-refractivity contribution < 1.29 is 29.7 Å². The lowest BCUT2D eigenvalue weighted by Crippen LogP contribution is -2.41. The maximum Gasteiger partial charge on any atom is 0.306 e. The van der Waals surface area contributed by atoms with Crippen molar-refractivity contribution >= 4 is 17.7 Å². The Morgan fingerprint density at radius 2 is 1.38 bits per heavy atom. The van der Waals surface area contributed by atoms with Crippen LogP contribution in [0.25, 0.3) is 0 Å². The molecule has 0 bridgehead atoms. The first-order valence-corrected chi connectivity index (χ1v) is 3.45. The highest BCUT2D eigenvalue weighted by molar-refractivity contribution is 5.92. The highest BCUT2D eigenvalue weighted by atomic mass is 16.4. The molecule has 0 aliphatic rings. The van der Waals surface area contributed by atoms with E-state index < -0.39 is 36.2 Å². The van der Waals surface area contributed by atoms with Gasteiger partial charge in [-0.1, -0.05) is 0 Å². The first kappa shape index (κ1) is 11.6. The van der Waals surface area contributed by atoms with Gasteiger partial charge in [-0.3, -0.25) is 14.4 Å². The minimum Gasteiger partial charge on any atom is -0.481 e. The van der Waals surface area contributed by atoms with Crippen LogP contribution in [0.3, 0.4) is 0 Å². The predicted molar refractivity (Wildman–Crippen MR) is 40.1 cm³/mol. The average molecular weight is 190 g/mol. The molecule has 6 heteroatoms. The molecule has 0 aromatic rings. The van der Waals surface area contributed by atoms with Crippen molar-refractivity contribution in [3.05, 3.63) is 0 Å². The summed E-state index contributed by atoms with van der Waals surface area (Å²) in [6, 6.07) is 0. The van der Waals surface area contributed by atoms with E-state index in [2.05, 4.69) is 0 Å². The van der Waals surface area contributed by atoms with Gasteiger partial charge in [-0.05, 0) is 6.92 Å².